The van der Waals surface area contributed by atoms with Crippen LogP contribution in [0.3, 0.4) is 0 Å². The minimum atomic E-state index is -0.951. The summed E-state index contributed by atoms with van der Waals surface area (Å²) in [6.07, 6.45) is 5.55. The van der Waals surface area contributed by atoms with Crippen molar-refractivity contribution in [3.05, 3.63) is 65.9 Å². The summed E-state index contributed by atoms with van der Waals surface area (Å²) in [5.41, 5.74) is 1.29. The van der Waals surface area contributed by atoms with E-state index in [2.05, 4.69) is 25.9 Å². The van der Waals surface area contributed by atoms with Gasteiger partial charge in [0.05, 0.1) is 24.2 Å². The molecule has 3 aliphatic heterocycles. The van der Waals surface area contributed by atoms with Crippen molar-refractivity contribution in [3.8, 4) is 11.6 Å². The largest absolute Gasteiger partial charge is 0.477 e. The summed E-state index contributed by atoms with van der Waals surface area (Å²) < 4.78 is 20.9. The Hall–Kier alpha value is -4.88. The lowest BCUT2D eigenvalue weighted by molar-refractivity contribution is -0.137. The van der Waals surface area contributed by atoms with E-state index in [4.69, 9.17) is 4.74 Å². The second kappa shape index (κ2) is 13.6. The number of pyridine rings is 1. The molecular weight excluding hydrogens is 595 g/mol. The van der Waals surface area contributed by atoms with Crippen molar-refractivity contribution in [1.29, 1.82) is 0 Å². The molecule has 0 unspecified atom stereocenters. The number of hydrogen-bond acceptors (Lipinski definition) is 8. The molecule has 3 aromatic rings. The highest BCUT2D eigenvalue weighted by molar-refractivity contribution is 5.99. The lowest BCUT2D eigenvalue weighted by atomic mass is 9.80. The van der Waals surface area contributed by atoms with Crippen LogP contribution in [0.1, 0.15) is 48.7 Å². The number of ether oxygens (including phenoxy) is 1. The molecule has 2 N–H and O–H groups in total. The highest BCUT2D eigenvalue weighted by Crippen LogP contribution is 2.32. The van der Waals surface area contributed by atoms with Crippen molar-refractivity contribution in [2.45, 2.75) is 51.1 Å². The number of piperidine rings is 1. The molecule has 242 valence electrons. The zero-order valence-corrected chi connectivity index (χ0v) is 25.6. The summed E-state index contributed by atoms with van der Waals surface area (Å²) in [5, 5.41) is 14.1. The molecule has 2 aromatic heterocycles. The summed E-state index contributed by atoms with van der Waals surface area (Å²) in [6, 6.07) is 8.03. The van der Waals surface area contributed by atoms with Crippen molar-refractivity contribution >= 4 is 23.6 Å². The molecule has 2 bridgehead atoms. The highest BCUT2D eigenvalue weighted by atomic mass is 19.1. The topological polar surface area (TPSA) is 152 Å². The van der Waals surface area contributed by atoms with E-state index < -0.39 is 11.9 Å². The number of aromatic nitrogens is 4. The van der Waals surface area contributed by atoms with E-state index in [-0.39, 0.29) is 65.9 Å². The van der Waals surface area contributed by atoms with Crippen LogP contribution in [-0.4, -0.2) is 98.3 Å². The zero-order chi connectivity index (χ0) is 32.2. The molecule has 6 rings (SSSR count). The molecule has 14 heteroatoms. The minimum Gasteiger partial charge on any atom is -0.477 e. The molecule has 0 aliphatic carbocycles. The van der Waals surface area contributed by atoms with Gasteiger partial charge in [-0.15, -0.1) is 5.10 Å². The molecule has 3 aliphatic rings. The van der Waals surface area contributed by atoms with Gasteiger partial charge in [-0.2, -0.15) is 0 Å². The first-order valence-electron chi connectivity index (χ1n) is 15.6. The van der Waals surface area contributed by atoms with Gasteiger partial charge in [-0.3, -0.25) is 19.2 Å². The van der Waals surface area contributed by atoms with Gasteiger partial charge >= 0.3 is 0 Å². The maximum Gasteiger partial charge on any atom is 0.257 e. The molecule has 2 saturated heterocycles. The number of halogens is 1. The number of hydrogen-bond donors (Lipinski definition) is 2. The second-order valence-electron chi connectivity index (χ2n) is 12.2. The number of amides is 4. The standard InChI is InChI=1S/C32H37FN8O5/c1-20(42)35-24-9-13-39(18-24)29(43)15-21-8-12-40-17-22(21)10-14-46-31-27(3-2-11-34-31)30(44)36-28(32(40)45)16-25-19-41(38-37-25)26-6-4-23(33)5-7-26/h2-7,11,19,21-22,24,28H,8-10,12-18H2,1H3,(H,35,42)(H,36,44)/t21-,22-,24+,28+/m0/s1. The maximum atomic E-state index is 14.1. The Morgan fingerprint density at radius 2 is 1.91 bits per heavy atom. The summed E-state index contributed by atoms with van der Waals surface area (Å²) >= 11 is 0. The first kappa shape index (κ1) is 31.1. The zero-order valence-electron chi connectivity index (χ0n) is 25.6. The fraction of sp³-hybridized carbons (Fsp3) is 0.469. The third-order valence-corrected chi connectivity index (χ3v) is 8.98. The van der Waals surface area contributed by atoms with Crippen LogP contribution in [-0.2, 0) is 20.8 Å². The molecule has 0 radical (unpaired) electrons. The number of likely N-dealkylation sites (tertiary alicyclic amines) is 1. The Morgan fingerprint density at radius 3 is 2.72 bits per heavy atom. The van der Waals surface area contributed by atoms with Gasteiger partial charge in [0.2, 0.25) is 23.6 Å². The number of benzene rings is 1. The fourth-order valence-corrected chi connectivity index (χ4v) is 6.59. The molecule has 1 aromatic carbocycles. The second-order valence-corrected chi connectivity index (χ2v) is 12.2. The van der Waals surface area contributed by atoms with Crippen LogP contribution in [0.25, 0.3) is 5.69 Å². The number of fused-ring (bicyclic) bond motifs is 3. The van der Waals surface area contributed by atoms with Crippen LogP contribution >= 0.6 is 0 Å². The maximum absolute atomic E-state index is 14.1. The average molecular weight is 633 g/mol. The van der Waals surface area contributed by atoms with Gasteiger partial charge in [0, 0.05) is 58.2 Å². The molecule has 5 heterocycles. The lowest BCUT2D eigenvalue weighted by Gasteiger charge is -2.40. The molecule has 46 heavy (non-hydrogen) atoms. The Labute approximate surface area is 265 Å². The Bertz CT molecular complexity index is 1600. The molecule has 4 amide bonds. The lowest BCUT2D eigenvalue weighted by Crippen LogP contribution is -2.54. The van der Waals surface area contributed by atoms with E-state index in [9.17, 15) is 23.6 Å². The van der Waals surface area contributed by atoms with E-state index in [1.165, 1.54) is 23.7 Å². The third-order valence-electron chi connectivity index (χ3n) is 8.98. The van der Waals surface area contributed by atoms with E-state index in [0.717, 1.165) is 6.42 Å². The Kier molecular flexibility index (Phi) is 9.22. The number of nitrogens with one attached hydrogen (secondary N) is 2. The van der Waals surface area contributed by atoms with Gasteiger partial charge < -0.3 is 25.2 Å². The predicted molar refractivity (Wildman–Crippen MR) is 162 cm³/mol. The minimum absolute atomic E-state index is 0.0160. The summed E-state index contributed by atoms with van der Waals surface area (Å²) in [5.74, 6) is -0.971. The van der Waals surface area contributed by atoms with Crippen LogP contribution in [0.15, 0.2) is 48.8 Å². The van der Waals surface area contributed by atoms with Crippen LogP contribution in [0.2, 0.25) is 0 Å². The van der Waals surface area contributed by atoms with Crippen LogP contribution in [0, 0.1) is 17.7 Å². The van der Waals surface area contributed by atoms with E-state index in [1.807, 2.05) is 4.90 Å². The van der Waals surface area contributed by atoms with Crippen molar-refractivity contribution in [3.63, 3.8) is 0 Å². The first-order chi connectivity index (χ1) is 22.2. The Morgan fingerprint density at radius 1 is 1.09 bits per heavy atom. The predicted octanol–water partition coefficient (Wildman–Crippen LogP) is 1.52. The number of carbonyl (C=O) groups is 4. The quantitative estimate of drug-likeness (QED) is 0.415. The van der Waals surface area contributed by atoms with Crippen LogP contribution < -0.4 is 15.4 Å². The summed E-state index contributed by atoms with van der Waals surface area (Å²) in [4.78, 5) is 60.2. The van der Waals surface area contributed by atoms with Crippen LogP contribution in [0.4, 0.5) is 4.39 Å². The van der Waals surface area contributed by atoms with E-state index in [0.29, 0.717) is 56.8 Å². The smallest absolute Gasteiger partial charge is 0.257 e. The number of rotatable bonds is 6. The summed E-state index contributed by atoms with van der Waals surface area (Å²) in [6.45, 7) is 3.71. The third kappa shape index (κ3) is 7.16. The van der Waals surface area contributed by atoms with Crippen molar-refractivity contribution in [1.82, 2.24) is 40.4 Å². The fourth-order valence-electron chi connectivity index (χ4n) is 6.59. The molecule has 2 fully saturated rings. The average Bonchev–Trinajstić information content (AvgIpc) is 3.71. The van der Waals surface area contributed by atoms with Gasteiger partial charge in [0.25, 0.3) is 5.91 Å². The van der Waals surface area contributed by atoms with Gasteiger partial charge in [-0.1, -0.05) is 5.21 Å². The monoisotopic (exact) mass is 632 g/mol. The first-order valence-corrected chi connectivity index (χ1v) is 15.6. The molecule has 13 nitrogen and oxygen atoms in total. The number of nitrogens with zero attached hydrogens (tertiary/aromatic N) is 6. The van der Waals surface area contributed by atoms with Crippen molar-refractivity contribution in [2.75, 3.05) is 32.8 Å². The molecular formula is C32H37FN8O5. The highest BCUT2D eigenvalue weighted by Gasteiger charge is 2.38. The summed E-state index contributed by atoms with van der Waals surface area (Å²) in [7, 11) is 0. The van der Waals surface area contributed by atoms with Crippen molar-refractivity contribution < 1.29 is 28.3 Å². The van der Waals surface area contributed by atoms with Gasteiger partial charge in [0.15, 0.2) is 0 Å². The molecule has 0 saturated carbocycles. The van der Waals surface area contributed by atoms with Crippen LogP contribution in [0.5, 0.6) is 5.88 Å². The van der Waals surface area contributed by atoms with Gasteiger partial charge in [-0.25, -0.2) is 14.1 Å². The molecule has 4 atom stereocenters. The van der Waals surface area contributed by atoms with E-state index >= 15 is 0 Å². The van der Waals surface area contributed by atoms with Crippen molar-refractivity contribution in [2.24, 2.45) is 11.8 Å². The normalized spacial score (nSPS) is 23.4. The Balaban J connectivity index is 1.20. The van der Waals surface area contributed by atoms with E-state index in [1.54, 1.807) is 41.6 Å². The van der Waals surface area contributed by atoms with Gasteiger partial charge in [-0.05, 0) is 67.5 Å². The molecule has 0 spiro atoms. The van der Waals surface area contributed by atoms with Gasteiger partial charge in [0.1, 0.15) is 17.4 Å². The number of carbonyl (C=O) groups excluding carboxylic acids is 4. The SMILES string of the molecule is CC(=O)N[C@@H]1CCN(C(=O)C[C@@H]2CCN3C[C@@H]2CCOc2ncccc2C(=O)N[C@H](Cc2cn(-c4ccc(F)cc4)nn2)C3=O)C1.